The van der Waals surface area contributed by atoms with Gasteiger partial charge in [-0.2, -0.15) is 5.10 Å². The average molecular weight is 409 g/mol. The number of amides is 1. The predicted octanol–water partition coefficient (Wildman–Crippen LogP) is 4.64. The van der Waals surface area contributed by atoms with Crippen LogP contribution in [0.5, 0.6) is 0 Å². The second-order valence-corrected chi connectivity index (χ2v) is 6.50. The van der Waals surface area contributed by atoms with E-state index in [0.29, 0.717) is 5.02 Å². The molecule has 1 amide bonds. The van der Waals surface area contributed by atoms with Crippen molar-refractivity contribution in [3.63, 3.8) is 0 Å². The molecule has 0 atom stereocenters. The van der Waals surface area contributed by atoms with Crippen LogP contribution in [-0.2, 0) is 11.2 Å². The van der Waals surface area contributed by atoms with E-state index in [1.807, 2.05) is 43.3 Å². The second-order valence-electron chi connectivity index (χ2n) is 5.21. The lowest BCUT2D eigenvalue weighted by atomic mass is 10.1. The van der Waals surface area contributed by atoms with E-state index < -0.39 is 0 Å². The summed E-state index contributed by atoms with van der Waals surface area (Å²) >= 11 is 9.29. The lowest BCUT2D eigenvalue weighted by molar-refractivity contribution is -0.119. The Labute approximate surface area is 155 Å². The first-order valence-electron chi connectivity index (χ1n) is 7.65. The topological polar surface area (TPSA) is 53.5 Å². The monoisotopic (exact) mass is 407 g/mol. The van der Waals surface area contributed by atoms with Gasteiger partial charge in [0.25, 0.3) is 5.91 Å². The average Bonchev–Trinajstić information content (AvgIpc) is 2.58. The van der Waals surface area contributed by atoms with Gasteiger partial charge in [-0.25, -0.2) is 5.43 Å². The molecular formula is C18H19BrClN3O. The smallest absolute Gasteiger partial charge is 0.259 e. The lowest BCUT2D eigenvalue weighted by Gasteiger charge is -2.09. The molecule has 0 bridgehead atoms. The standard InChI is InChI=1S/C18H19BrClN3O/c1-2-15(10-13-6-4-3-5-7-13)22-23-18(24)12-21-17-9-8-14(20)11-16(17)19/h3-9,11,21H,2,10,12H2,1H3,(H,23,24)/b22-15-. The maximum Gasteiger partial charge on any atom is 0.259 e. The van der Waals surface area contributed by atoms with Crippen LogP contribution < -0.4 is 10.7 Å². The van der Waals surface area contributed by atoms with Crippen LogP contribution in [0.25, 0.3) is 0 Å². The lowest BCUT2D eigenvalue weighted by Crippen LogP contribution is -2.27. The van der Waals surface area contributed by atoms with Gasteiger partial charge in [-0.3, -0.25) is 4.79 Å². The van der Waals surface area contributed by atoms with Gasteiger partial charge < -0.3 is 5.32 Å². The third kappa shape index (κ3) is 5.98. The first-order valence-corrected chi connectivity index (χ1v) is 8.82. The SMILES string of the molecule is CC/C(Cc1ccccc1)=N/NC(=O)CNc1ccc(Cl)cc1Br. The molecule has 0 fully saturated rings. The molecule has 0 radical (unpaired) electrons. The molecule has 2 rings (SSSR count). The Morgan fingerprint density at radius 1 is 1.21 bits per heavy atom. The Morgan fingerprint density at radius 3 is 2.62 bits per heavy atom. The molecule has 4 nitrogen and oxygen atoms in total. The van der Waals surface area contributed by atoms with Gasteiger partial charge >= 0.3 is 0 Å². The fraction of sp³-hybridized carbons (Fsp3) is 0.222. The first kappa shape index (κ1) is 18.5. The van der Waals surface area contributed by atoms with Crippen molar-refractivity contribution in [1.29, 1.82) is 0 Å². The number of hydrazone groups is 1. The van der Waals surface area contributed by atoms with Gasteiger partial charge in [0.2, 0.25) is 0 Å². The number of nitrogens with zero attached hydrogens (tertiary/aromatic N) is 1. The Kier molecular flexibility index (Phi) is 7.28. The molecule has 0 aliphatic carbocycles. The number of hydrogen-bond donors (Lipinski definition) is 2. The Hall–Kier alpha value is -1.85. The van der Waals surface area contributed by atoms with Gasteiger partial charge in [0.1, 0.15) is 0 Å². The van der Waals surface area contributed by atoms with Crippen molar-refractivity contribution in [2.24, 2.45) is 5.10 Å². The summed E-state index contributed by atoms with van der Waals surface area (Å²) in [5.41, 5.74) is 5.51. The summed E-state index contributed by atoms with van der Waals surface area (Å²) in [6.07, 6.45) is 1.51. The highest BCUT2D eigenvalue weighted by Gasteiger charge is 2.05. The van der Waals surface area contributed by atoms with Crippen molar-refractivity contribution in [2.45, 2.75) is 19.8 Å². The van der Waals surface area contributed by atoms with Crippen molar-refractivity contribution in [1.82, 2.24) is 5.43 Å². The Bertz CT molecular complexity index is 719. The van der Waals surface area contributed by atoms with Crippen LogP contribution in [-0.4, -0.2) is 18.2 Å². The van der Waals surface area contributed by atoms with E-state index in [0.717, 1.165) is 28.7 Å². The quantitative estimate of drug-likeness (QED) is 0.518. The van der Waals surface area contributed by atoms with E-state index in [2.05, 4.69) is 31.8 Å². The van der Waals surface area contributed by atoms with Crippen molar-refractivity contribution in [2.75, 3.05) is 11.9 Å². The largest absolute Gasteiger partial charge is 0.375 e. The van der Waals surface area contributed by atoms with Gasteiger partial charge in [-0.15, -0.1) is 0 Å². The number of hydrogen-bond acceptors (Lipinski definition) is 3. The molecule has 0 spiro atoms. The fourth-order valence-electron chi connectivity index (χ4n) is 2.06. The Balaban J connectivity index is 1.86. The maximum atomic E-state index is 11.9. The highest BCUT2D eigenvalue weighted by Crippen LogP contribution is 2.25. The van der Waals surface area contributed by atoms with Crippen LogP contribution >= 0.6 is 27.5 Å². The summed E-state index contributed by atoms with van der Waals surface area (Å²) < 4.78 is 0.810. The normalized spacial score (nSPS) is 11.2. The molecule has 126 valence electrons. The van der Waals surface area contributed by atoms with E-state index in [1.54, 1.807) is 12.1 Å². The molecule has 2 aromatic rings. The van der Waals surface area contributed by atoms with E-state index in [1.165, 1.54) is 5.56 Å². The molecule has 0 saturated carbocycles. The molecule has 6 heteroatoms. The summed E-state index contributed by atoms with van der Waals surface area (Å²) in [5.74, 6) is -0.198. The number of anilines is 1. The van der Waals surface area contributed by atoms with Crippen LogP contribution in [0.1, 0.15) is 18.9 Å². The molecule has 0 unspecified atom stereocenters. The molecule has 0 aliphatic rings. The van der Waals surface area contributed by atoms with Crippen LogP contribution in [0.4, 0.5) is 5.69 Å². The zero-order valence-corrected chi connectivity index (χ0v) is 15.7. The minimum Gasteiger partial charge on any atom is -0.375 e. The van der Waals surface area contributed by atoms with Gasteiger partial charge in [0, 0.05) is 27.3 Å². The number of carbonyl (C=O) groups is 1. The van der Waals surface area contributed by atoms with E-state index in [-0.39, 0.29) is 12.5 Å². The zero-order valence-electron chi connectivity index (χ0n) is 13.4. The summed E-state index contributed by atoms with van der Waals surface area (Å²) in [6.45, 7) is 2.16. The van der Waals surface area contributed by atoms with E-state index in [9.17, 15) is 4.79 Å². The number of nitrogens with one attached hydrogen (secondary N) is 2. The molecule has 24 heavy (non-hydrogen) atoms. The van der Waals surface area contributed by atoms with Crippen molar-refractivity contribution in [3.05, 3.63) is 63.6 Å². The van der Waals surface area contributed by atoms with Gasteiger partial charge in [0.05, 0.1) is 6.54 Å². The van der Waals surface area contributed by atoms with Crippen molar-refractivity contribution in [3.8, 4) is 0 Å². The summed E-state index contributed by atoms with van der Waals surface area (Å²) in [4.78, 5) is 11.9. The second kappa shape index (κ2) is 9.45. The minimum atomic E-state index is -0.198. The number of halogens is 2. The molecule has 2 N–H and O–H groups in total. The summed E-state index contributed by atoms with van der Waals surface area (Å²) in [5, 5.41) is 7.91. The minimum absolute atomic E-state index is 0.131. The first-order chi connectivity index (χ1) is 11.6. The summed E-state index contributed by atoms with van der Waals surface area (Å²) in [7, 11) is 0. The third-order valence-corrected chi connectivity index (χ3v) is 4.26. The third-order valence-electron chi connectivity index (χ3n) is 3.37. The zero-order chi connectivity index (χ0) is 17.4. The van der Waals surface area contributed by atoms with Crippen LogP contribution in [0.15, 0.2) is 58.1 Å². The maximum absolute atomic E-state index is 11.9. The number of carbonyl (C=O) groups excluding carboxylic acids is 1. The Morgan fingerprint density at radius 2 is 1.96 bits per heavy atom. The predicted molar refractivity (Wildman–Crippen MR) is 104 cm³/mol. The van der Waals surface area contributed by atoms with Gasteiger partial charge in [-0.05, 0) is 46.1 Å². The number of benzene rings is 2. The fourth-order valence-corrected chi connectivity index (χ4v) is 2.89. The highest BCUT2D eigenvalue weighted by molar-refractivity contribution is 9.10. The van der Waals surface area contributed by atoms with Crippen molar-refractivity contribution < 1.29 is 4.79 Å². The van der Waals surface area contributed by atoms with Crippen LogP contribution in [0.3, 0.4) is 0 Å². The molecule has 0 aliphatic heterocycles. The molecule has 0 saturated heterocycles. The molecule has 2 aromatic carbocycles. The van der Waals surface area contributed by atoms with Gasteiger partial charge in [0.15, 0.2) is 0 Å². The molecule has 0 heterocycles. The molecule has 0 aromatic heterocycles. The van der Waals surface area contributed by atoms with Crippen LogP contribution in [0, 0.1) is 0 Å². The van der Waals surface area contributed by atoms with Crippen LogP contribution in [0.2, 0.25) is 5.02 Å². The van der Waals surface area contributed by atoms with E-state index in [4.69, 9.17) is 11.6 Å². The highest BCUT2D eigenvalue weighted by atomic mass is 79.9. The van der Waals surface area contributed by atoms with E-state index >= 15 is 0 Å². The molecular weight excluding hydrogens is 390 g/mol. The van der Waals surface area contributed by atoms with Gasteiger partial charge in [-0.1, -0.05) is 48.9 Å². The summed E-state index contributed by atoms with van der Waals surface area (Å²) in [6, 6.07) is 15.4. The number of rotatable bonds is 7. The van der Waals surface area contributed by atoms with Crippen molar-refractivity contribution >= 4 is 44.8 Å².